The topological polar surface area (TPSA) is 41.6 Å². The Labute approximate surface area is 84.5 Å². The quantitative estimate of drug-likeness (QED) is 0.341. The number of benzene rings is 1. The monoisotopic (exact) mass is 189 g/mol. The number of hydrazine groups is 1. The van der Waals surface area contributed by atoms with Gasteiger partial charge in [0.25, 0.3) is 0 Å². The summed E-state index contributed by atoms with van der Waals surface area (Å²) in [7, 11) is 1.71. The Morgan fingerprint density at radius 1 is 1.43 bits per heavy atom. The molecule has 0 amide bonds. The van der Waals surface area contributed by atoms with Crippen molar-refractivity contribution in [1.82, 2.24) is 5.01 Å². The molecule has 0 bridgehead atoms. The van der Waals surface area contributed by atoms with Crippen molar-refractivity contribution in [3.8, 4) is 0 Å². The maximum Gasteiger partial charge on any atom is 0.105 e. The standard InChI is InChI=1S/C11H15N3/c1-9-4-6-11(7-5-9)10(2)13-8-14(3)12/h4-8H,2,12H2,1,3H3. The zero-order valence-electron chi connectivity index (χ0n) is 8.57. The van der Waals surface area contributed by atoms with Gasteiger partial charge in [-0.2, -0.15) is 0 Å². The molecule has 0 fully saturated rings. The Kier molecular flexibility index (Phi) is 3.42. The molecule has 0 unspecified atom stereocenters. The van der Waals surface area contributed by atoms with E-state index in [-0.39, 0.29) is 0 Å². The fraction of sp³-hybridized carbons (Fsp3) is 0.182. The average molecular weight is 189 g/mol. The van der Waals surface area contributed by atoms with E-state index in [1.807, 2.05) is 31.2 Å². The second-order valence-electron chi connectivity index (χ2n) is 3.22. The molecule has 1 aromatic carbocycles. The van der Waals surface area contributed by atoms with Crippen LogP contribution in [0.15, 0.2) is 35.8 Å². The summed E-state index contributed by atoms with van der Waals surface area (Å²) in [6, 6.07) is 8.04. The lowest BCUT2D eigenvalue weighted by Gasteiger charge is -2.04. The van der Waals surface area contributed by atoms with Crippen molar-refractivity contribution in [3.05, 3.63) is 42.0 Å². The van der Waals surface area contributed by atoms with Crippen LogP contribution >= 0.6 is 0 Å². The predicted octanol–water partition coefficient (Wildman–Crippen LogP) is 1.80. The number of hydrogen-bond donors (Lipinski definition) is 1. The molecule has 0 aromatic heterocycles. The molecular formula is C11H15N3. The molecule has 74 valence electrons. The van der Waals surface area contributed by atoms with Crippen molar-refractivity contribution in [3.63, 3.8) is 0 Å². The highest BCUT2D eigenvalue weighted by Crippen LogP contribution is 2.13. The molecule has 0 radical (unpaired) electrons. The first-order valence-electron chi connectivity index (χ1n) is 4.37. The minimum Gasteiger partial charge on any atom is -0.304 e. The third kappa shape index (κ3) is 3.03. The smallest absolute Gasteiger partial charge is 0.105 e. The molecule has 0 spiro atoms. The van der Waals surface area contributed by atoms with E-state index >= 15 is 0 Å². The number of hydrogen-bond acceptors (Lipinski definition) is 2. The first kappa shape index (κ1) is 10.5. The molecule has 0 saturated heterocycles. The molecule has 0 heterocycles. The van der Waals surface area contributed by atoms with E-state index in [0.29, 0.717) is 5.70 Å². The molecule has 3 nitrogen and oxygen atoms in total. The molecule has 0 saturated carbocycles. The first-order chi connectivity index (χ1) is 6.59. The van der Waals surface area contributed by atoms with Gasteiger partial charge in [-0.15, -0.1) is 0 Å². The van der Waals surface area contributed by atoms with Crippen LogP contribution in [0.5, 0.6) is 0 Å². The molecule has 0 aliphatic heterocycles. The number of nitrogens with two attached hydrogens (primary N) is 1. The molecule has 1 aromatic rings. The van der Waals surface area contributed by atoms with Gasteiger partial charge in [-0.05, 0) is 12.5 Å². The van der Waals surface area contributed by atoms with Crippen molar-refractivity contribution < 1.29 is 0 Å². The zero-order valence-corrected chi connectivity index (χ0v) is 8.57. The largest absolute Gasteiger partial charge is 0.304 e. The highest BCUT2D eigenvalue weighted by Gasteiger charge is 1.94. The van der Waals surface area contributed by atoms with Crippen LogP contribution in [0.2, 0.25) is 0 Å². The Balaban J connectivity index is 2.75. The van der Waals surface area contributed by atoms with E-state index in [1.54, 1.807) is 7.05 Å². The summed E-state index contributed by atoms with van der Waals surface area (Å²) >= 11 is 0. The van der Waals surface area contributed by atoms with Crippen molar-refractivity contribution in [2.24, 2.45) is 10.8 Å². The molecule has 0 aliphatic carbocycles. The second-order valence-corrected chi connectivity index (χ2v) is 3.22. The predicted molar refractivity (Wildman–Crippen MR) is 60.7 cm³/mol. The average Bonchev–Trinajstić information content (AvgIpc) is 2.15. The summed E-state index contributed by atoms with van der Waals surface area (Å²) < 4.78 is 0. The van der Waals surface area contributed by atoms with Gasteiger partial charge in [-0.3, -0.25) is 0 Å². The van der Waals surface area contributed by atoms with Crippen molar-refractivity contribution >= 4 is 12.0 Å². The number of rotatable bonds is 3. The Hall–Kier alpha value is -1.61. The third-order valence-corrected chi connectivity index (χ3v) is 1.78. The highest BCUT2D eigenvalue weighted by molar-refractivity contribution is 5.71. The van der Waals surface area contributed by atoms with Gasteiger partial charge in [-0.25, -0.2) is 10.8 Å². The third-order valence-electron chi connectivity index (χ3n) is 1.78. The van der Waals surface area contributed by atoms with Gasteiger partial charge in [0.1, 0.15) is 6.34 Å². The molecule has 2 N–H and O–H groups in total. The van der Waals surface area contributed by atoms with E-state index in [4.69, 9.17) is 5.84 Å². The van der Waals surface area contributed by atoms with Gasteiger partial charge in [0.05, 0.1) is 5.70 Å². The molecule has 3 heteroatoms. The lowest BCUT2D eigenvalue weighted by atomic mass is 10.1. The summed E-state index contributed by atoms with van der Waals surface area (Å²) in [6.45, 7) is 5.89. The van der Waals surface area contributed by atoms with E-state index in [1.165, 1.54) is 16.9 Å². The normalized spacial score (nSPS) is 10.5. The van der Waals surface area contributed by atoms with Crippen LogP contribution in [0.1, 0.15) is 11.1 Å². The van der Waals surface area contributed by atoms with Crippen LogP contribution in [-0.2, 0) is 0 Å². The fourth-order valence-electron chi connectivity index (χ4n) is 0.981. The maximum absolute atomic E-state index is 5.39. The maximum atomic E-state index is 5.39. The lowest BCUT2D eigenvalue weighted by Crippen LogP contribution is -2.23. The first-order valence-corrected chi connectivity index (χ1v) is 4.37. The van der Waals surface area contributed by atoms with E-state index < -0.39 is 0 Å². The summed E-state index contributed by atoms with van der Waals surface area (Å²) in [5.74, 6) is 5.39. The minimum atomic E-state index is 0.710. The SMILES string of the molecule is C=C(N=CN(C)N)c1ccc(C)cc1. The highest BCUT2D eigenvalue weighted by atomic mass is 15.4. The molecule has 14 heavy (non-hydrogen) atoms. The van der Waals surface area contributed by atoms with Crippen LogP contribution in [-0.4, -0.2) is 18.4 Å². The van der Waals surface area contributed by atoms with Crippen molar-refractivity contribution in [2.45, 2.75) is 6.92 Å². The van der Waals surface area contributed by atoms with E-state index in [9.17, 15) is 0 Å². The Morgan fingerprint density at radius 2 is 2.00 bits per heavy atom. The van der Waals surface area contributed by atoms with Gasteiger partial charge in [-0.1, -0.05) is 36.4 Å². The van der Waals surface area contributed by atoms with Gasteiger partial charge < -0.3 is 5.01 Å². The Morgan fingerprint density at radius 3 is 2.50 bits per heavy atom. The summed E-state index contributed by atoms with van der Waals surface area (Å²) in [6.07, 6.45) is 1.53. The summed E-state index contributed by atoms with van der Waals surface area (Å²) in [5.41, 5.74) is 2.94. The zero-order chi connectivity index (χ0) is 10.6. The van der Waals surface area contributed by atoms with Gasteiger partial charge in [0.15, 0.2) is 0 Å². The van der Waals surface area contributed by atoms with Crippen molar-refractivity contribution in [1.29, 1.82) is 0 Å². The number of aliphatic imine (C=N–C) groups is 1. The number of aryl methyl sites for hydroxylation is 1. The van der Waals surface area contributed by atoms with Crippen molar-refractivity contribution in [2.75, 3.05) is 7.05 Å². The molecular weight excluding hydrogens is 174 g/mol. The summed E-state index contributed by atoms with van der Waals surface area (Å²) in [5, 5.41) is 1.39. The Bertz CT molecular complexity index is 336. The fourth-order valence-corrected chi connectivity index (χ4v) is 0.981. The van der Waals surface area contributed by atoms with Gasteiger partial charge in [0.2, 0.25) is 0 Å². The lowest BCUT2D eigenvalue weighted by molar-refractivity contribution is 0.556. The van der Waals surface area contributed by atoms with Crippen LogP contribution in [0.25, 0.3) is 5.70 Å². The minimum absolute atomic E-state index is 0.710. The van der Waals surface area contributed by atoms with Crippen LogP contribution in [0.4, 0.5) is 0 Å². The van der Waals surface area contributed by atoms with Crippen LogP contribution in [0, 0.1) is 6.92 Å². The van der Waals surface area contributed by atoms with Gasteiger partial charge >= 0.3 is 0 Å². The van der Waals surface area contributed by atoms with Crippen LogP contribution < -0.4 is 5.84 Å². The molecule has 1 rings (SSSR count). The number of nitrogens with zero attached hydrogens (tertiary/aromatic N) is 2. The molecule has 0 atom stereocenters. The molecule has 0 aliphatic rings. The van der Waals surface area contributed by atoms with Gasteiger partial charge in [0, 0.05) is 7.05 Å². The second kappa shape index (κ2) is 4.58. The van der Waals surface area contributed by atoms with Crippen LogP contribution in [0.3, 0.4) is 0 Å². The van der Waals surface area contributed by atoms with E-state index in [2.05, 4.69) is 11.6 Å². The van der Waals surface area contributed by atoms with E-state index in [0.717, 1.165) is 5.56 Å². The summed E-state index contributed by atoms with van der Waals surface area (Å²) in [4.78, 5) is 4.11.